The predicted octanol–water partition coefficient (Wildman–Crippen LogP) is 4.27. The summed E-state index contributed by atoms with van der Waals surface area (Å²) >= 11 is 0. The van der Waals surface area contributed by atoms with Crippen molar-refractivity contribution in [1.82, 2.24) is 15.5 Å². The van der Waals surface area contributed by atoms with Crippen molar-refractivity contribution >= 4 is 0 Å². The molecule has 1 aliphatic carbocycles. The lowest BCUT2D eigenvalue weighted by atomic mass is 10.0. The first-order valence-electron chi connectivity index (χ1n) is 9.45. The molecular formula is C22H22N4O2. The molecule has 1 aromatic heterocycles. The van der Waals surface area contributed by atoms with Crippen LogP contribution in [0.5, 0.6) is 5.75 Å². The Morgan fingerprint density at radius 1 is 1.29 bits per heavy atom. The van der Waals surface area contributed by atoms with Gasteiger partial charge in [-0.3, -0.25) is 0 Å². The van der Waals surface area contributed by atoms with Crippen LogP contribution < -0.4 is 10.1 Å². The quantitative estimate of drug-likeness (QED) is 0.718. The van der Waals surface area contributed by atoms with Gasteiger partial charge in [0, 0.05) is 17.2 Å². The van der Waals surface area contributed by atoms with Crippen molar-refractivity contribution in [2.75, 3.05) is 7.05 Å². The van der Waals surface area contributed by atoms with Crippen LogP contribution in [-0.2, 0) is 6.42 Å². The van der Waals surface area contributed by atoms with E-state index in [0.717, 1.165) is 18.4 Å². The highest BCUT2D eigenvalue weighted by Gasteiger charge is 2.25. The van der Waals surface area contributed by atoms with E-state index in [1.165, 1.54) is 11.1 Å². The molecule has 142 valence electrons. The van der Waals surface area contributed by atoms with E-state index in [9.17, 15) is 5.26 Å². The van der Waals surface area contributed by atoms with Gasteiger partial charge in [-0.25, -0.2) is 0 Å². The van der Waals surface area contributed by atoms with Gasteiger partial charge in [0.25, 0.3) is 5.89 Å². The number of nitriles is 1. The van der Waals surface area contributed by atoms with E-state index in [1.807, 2.05) is 39.1 Å². The van der Waals surface area contributed by atoms with Crippen LogP contribution in [0, 0.1) is 11.3 Å². The van der Waals surface area contributed by atoms with Crippen LogP contribution in [0.25, 0.3) is 22.8 Å². The maximum atomic E-state index is 9.44. The van der Waals surface area contributed by atoms with Crippen LogP contribution in [0.15, 0.2) is 40.9 Å². The van der Waals surface area contributed by atoms with Gasteiger partial charge in [-0.05, 0) is 63.1 Å². The molecule has 28 heavy (non-hydrogen) atoms. The lowest BCUT2D eigenvalue weighted by Gasteiger charge is -2.11. The Kier molecular flexibility index (Phi) is 4.84. The Morgan fingerprint density at radius 2 is 2.14 bits per heavy atom. The van der Waals surface area contributed by atoms with Gasteiger partial charge in [0.05, 0.1) is 11.7 Å². The minimum absolute atomic E-state index is 0.00503. The van der Waals surface area contributed by atoms with E-state index in [1.54, 1.807) is 12.1 Å². The number of hydrogen-bond acceptors (Lipinski definition) is 6. The Bertz CT molecular complexity index is 1050. The molecule has 6 nitrogen and oxygen atoms in total. The molecular weight excluding hydrogens is 352 g/mol. The van der Waals surface area contributed by atoms with Crippen LogP contribution in [0.2, 0.25) is 0 Å². The van der Waals surface area contributed by atoms with E-state index >= 15 is 0 Å². The highest BCUT2D eigenvalue weighted by atomic mass is 16.5. The third-order valence-electron chi connectivity index (χ3n) is 5.00. The Labute approximate surface area is 164 Å². The highest BCUT2D eigenvalue weighted by Crippen LogP contribution is 2.37. The Balaban J connectivity index is 1.68. The number of ether oxygens (including phenoxy) is 1. The van der Waals surface area contributed by atoms with Gasteiger partial charge in [-0.15, -0.1) is 0 Å². The second-order valence-electron chi connectivity index (χ2n) is 7.17. The minimum atomic E-state index is -0.00503. The summed E-state index contributed by atoms with van der Waals surface area (Å²) in [5.41, 5.74) is 4.72. The largest absolute Gasteiger partial charge is 0.490 e. The summed E-state index contributed by atoms with van der Waals surface area (Å²) in [6, 6.07) is 14.1. The first-order chi connectivity index (χ1) is 13.6. The van der Waals surface area contributed by atoms with Crippen LogP contribution in [-0.4, -0.2) is 23.3 Å². The van der Waals surface area contributed by atoms with Crippen molar-refractivity contribution in [1.29, 1.82) is 5.26 Å². The van der Waals surface area contributed by atoms with Gasteiger partial charge in [0.15, 0.2) is 0 Å². The van der Waals surface area contributed by atoms with Crippen molar-refractivity contribution in [2.24, 2.45) is 0 Å². The summed E-state index contributed by atoms with van der Waals surface area (Å²) in [4.78, 5) is 4.60. The summed E-state index contributed by atoms with van der Waals surface area (Å²) in [7, 11) is 1.98. The molecule has 6 heteroatoms. The number of nitrogens with one attached hydrogen (secondary N) is 1. The van der Waals surface area contributed by atoms with Crippen molar-refractivity contribution in [3.63, 3.8) is 0 Å². The predicted molar refractivity (Wildman–Crippen MR) is 106 cm³/mol. The van der Waals surface area contributed by atoms with Crippen molar-refractivity contribution in [3.8, 4) is 34.7 Å². The fraction of sp³-hybridized carbons (Fsp3) is 0.318. The standard InChI is InChI=1S/C22H22N4O2/c1-13(2)27-20-10-7-14(11-15(20)12-23)22-25-21(26-28-22)18-6-4-5-17-16(18)8-9-19(17)24-3/h4-7,10-11,13,19,24H,8-9H2,1-3H3. The van der Waals surface area contributed by atoms with Crippen LogP contribution >= 0.6 is 0 Å². The summed E-state index contributed by atoms with van der Waals surface area (Å²) in [6.07, 6.45) is 2.05. The monoisotopic (exact) mass is 374 g/mol. The molecule has 2 aromatic carbocycles. The summed E-state index contributed by atoms with van der Waals surface area (Å²) < 4.78 is 11.2. The molecule has 0 radical (unpaired) electrons. The molecule has 1 unspecified atom stereocenters. The van der Waals surface area contributed by atoms with Crippen LogP contribution in [0.3, 0.4) is 0 Å². The number of fused-ring (bicyclic) bond motifs is 1. The number of rotatable bonds is 5. The average molecular weight is 374 g/mol. The molecule has 4 rings (SSSR count). The van der Waals surface area contributed by atoms with Crippen LogP contribution in [0.4, 0.5) is 0 Å². The molecule has 0 fully saturated rings. The Morgan fingerprint density at radius 3 is 2.89 bits per heavy atom. The van der Waals surface area contributed by atoms with Crippen molar-refractivity contribution in [2.45, 2.75) is 38.8 Å². The van der Waals surface area contributed by atoms with E-state index < -0.39 is 0 Å². The third-order valence-corrected chi connectivity index (χ3v) is 5.00. The normalized spacial score (nSPS) is 15.5. The summed E-state index contributed by atoms with van der Waals surface area (Å²) in [6.45, 7) is 3.85. The van der Waals surface area contributed by atoms with Crippen LogP contribution in [0.1, 0.15) is 43.0 Å². The number of aromatic nitrogens is 2. The number of hydrogen-bond donors (Lipinski definition) is 1. The second-order valence-corrected chi connectivity index (χ2v) is 7.17. The lowest BCUT2D eigenvalue weighted by molar-refractivity contribution is 0.242. The van der Waals surface area contributed by atoms with E-state index in [0.29, 0.717) is 34.6 Å². The van der Waals surface area contributed by atoms with Crippen molar-refractivity contribution in [3.05, 3.63) is 53.1 Å². The maximum Gasteiger partial charge on any atom is 0.258 e. The molecule has 0 aliphatic heterocycles. The minimum Gasteiger partial charge on any atom is -0.490 e. The highest BCUT2D eigenvalue weighted by molar-refractivity contribution is 5.67. The molecule has 3 aromatic rings. The molecule has 1 atom stereocenters. The smallest absolute Gasteiger partial charge is 0.258 e. The summed E-state index contributed by atoms with van der Waals surface area (Å²) in [5.74, 6) is 1.52. The zero-order valence-corrected chi connectivity index (χ0v) is 16.2. The SMILES string of the molecule is CNC1CCc2c(-c3noc(-c4ccc(OC(C)C)c(C#N)c4)n3)cccc21. The molecule has 0 spiro atoms. The first kappa shape index (κ1) is 18.2. The number of benzene rings is 2. The molecule has 0 saturated carbocycles. The molecule has 1 aliphatic rings. The van der Waals surface area contributed by atoms with Gasteiger partial charge in [-0.1, -0.05) is 23.4 Å². The molecule has 1 heterocycles. The zero-order chi connectivity index (χ0) is 19.7. The topological polar surface area (TPSA) is 84.0 Å². The molecule has 0 bridgehead atoms. The van der Waals surface area contributed by atoms with E-state index in [4.69, 9.17) is 9.26 Å². The van der Waals surface area contributed by atoms with Gasteiger partial charge in [0.2, 0.25) is 5.82 Å². The van der Waals surface area contributed by atoms with Gasteiger partial charge in [0.1, 0.15) is 11.8 Å². The van der Waals surface area contributed by atoms with Gasteiger partial charge in [-0.2, -0.15) is 10.2 Å². The fourth-order valence-electron chi connectivity index (χ4n) is 3.72. The first-order valence-corrected chi connectivity index (χ1v) is 9.45. The molecule has 0 amide bonds. The second kappa shape index (κ2) is 7.45. The number of nitrogens with zero attached hydrogens (tertiary/aromatic N) is 3. The average Bonchev–Trinajstić information content (AvgIpc) is 3.34. The fourth-order valence-corrected chi connectivity index (χ4v) is 3.72. The van der Waals surface area contributed by atoms with Gasteiger partial charge >= 0.3 is 0 Å². The molecule has 1 N–H and O–H groups in total. The van der Waals surface area contributed by atoms with E-state index in [-0.39, 0.29) is 6.10 Å². The zero-order valence-electron chi connectivity index (χ0n) is 16.2. The maximum absolute atomic E-state index is 9.44. The van der Waals surface area contributed by atoms with Gasteiger partial charge < -0.3 is 14.6 Å². The van der Waals surface area contributed by atoms with E-state index in [2.05, 4.69) is 27.6 Å². The van der Waals surface area contributed by atoms with Crippen molar-refractivity contribution < 1.29 is 9.26 Å². The lowest BCUT2D eigenvalue weighted by Crippen LogP contribution is -2.12. The Hall–Kier alpha value is -3.17. The third kappa shape index (κ3) is 3.25. The summed E-state index contributed by atoms with van der Waals surface area (Å²) in [5, 5.41) is 17.0. The molecule has 0 saturated heterocycles.